The smallest absolute Gasteiger partial charge is 0.223 e. The highest BCUT2D eigenvalue weighted by Gasteiger charge is 2.26. The molecule has 0 saturated heterocycles. The summed E-state index contributed by atoms with van der Waals surface area (Å²) < 4.78 is 0. The van der Waals surface area contributed by atoms with E-state index < -0.39 is 0 Å². The molecule has 18 heavy (non-hydrogen) atoms. The van der Waals surface area contributed by atoms with Crippen molar-refractivity contribution < 1.29 is 4.79 Å². The Morgan fingerprint density at radius 1 is 1.50 bits per heavy atom. The highest BCUT2D eigenvalue weighted by Crippen LogP contribution is 2.33. The van der Waals surface area contributed by atoms with Gasteiger partial charge in [-0.15, -0.1) is 0 Å². The standard InChI is InChI=1S/C15H18N2O/c1-10(2)6-12-7-13-4-5-17(11(3)18)15(13)14(8-12)9-16/h7-8,10H,4-6H2,1-3H3. The molecule has 0 fully saturated rings. The van der Waals surface area contributed by atoms with Gasteiger partial charge in [0.1, 0.15) is 6.07 Å². The van der Waals surface area contributed by atoms with Crippen molar-refractivity contribution in [2.75, 3.05) is 11.4 Å². The van der Waals surface area contributed by atoms with E-state index in [0.29, 0.717) is 18.0 Å². The number of carbonyl (C=O) groups is 1. The monoisotopic (exact) mass is 242 g/mol. The Balaban J connectivity index is 2.47. The zero-order valence-electron chi connectivity index (χ0n) is 11.2. The Hall–Kier alpha value is -1.82. The summed E-state index contributed by atoms with van der Waals surface area (Å²) in [6, 6.07) is 6.31. The molecule has 1 heterocycles. The Morgan fingerprint density at radius 3 is 2.78 bits per heavy atom. The quantitative estimate of drug-likeness (QED) is 0.800. The minimum absolute atomic E-state index is 0.0156. The maximum absolute atomic E-state index is 11.6. The summed E-state index contributed by atoms with van der Waals surface area (Å²) in [6.07, 6.45) is 1.83. The van der Waals surface area contributed by atoms with Gasteiger partial charge in [-0.1, -0.05) is 19.9 Å². The average Bonchev–Trinajstić information content (AvgIpc) is 2.70. The Kier molecular flexibility index (Phi) is 3.38. The number of nitriles is 1. The maximum Gasteiger partial charge on any atom is 0.223 e. The van der Waals surface area contributed by atoms with E-state index in [1.807, 2.05) is 6.07 Å². The van der Waals surface area contributed by atoms with Gasteiger partial charge in [0.05, 0.1) is 11.3 Å². The fourth-order valence-corrected chi connectivity index (χ4v) is 2.60. The van der Waals surface area contributed by atoms with Crippen molar-refractivity contribution in [3.63, 3.8) is 0 Å². The van der Waals surface area contributed by atoms with Crippen molar-refractivity contribution in [1.29, 1.82) is 5.26 Å². The molecule has 0 spiro atoms. The molecule has 0 N–H and O–H groups in total. The Bertz CT molecular complexity index is 526. The van der Waals surface area contributed by atoms with Gasteiger partial charge in [0, 0.05) is 13.5 Å². The average molecular weight is 242 g/mol. The predicted octanol–water partition coefficient (Wildman–Crippen LogP) is 2.67. The van der Waals surface area contributed by atoms with Gasteiger partial charge in [-0.25, -0.2) is 0 Å². The van der Waals surface area contributed by atoms with E-state index in [4.69, 9.17) is 0 Å². The van der Waals surface area contributed by atoms with Crippen LogP contribution in [-0.4, -0.2) is 12.5 Å². The number of carbonyl (C=O) groups excluding carboxylic acids is 1. The number of nitrogens with zero attached hydrogens (tertiary/aromatic N) is 2. The Morgan fingerprint density at radius 2 is 2.22 bits per heavy atom. The van der Waals surface area contributed by atoms with Crippen LogP contribution in [0.2, 0.25) is 0 Å². The van der Waals surface area contributed by atoms with Crippen molar-refractivity contribution in [3.05, 3.63) is 28.8 Å². The number of benzene rings is 1. The van der Waals surface area contributed by atoms with Gasteiger partial charge >= 0.3 is 0 Å². The minimum atomic E-state index is 0.0156. The first-order valence-electron chi connectivity index (χ1n) is 6.37. The largest absolute Gasteiger partial charge is 0.311 e. The first-order chi connectivity index (χ1) is 8.52. The predicted molar refractivity (Wildman–Crippen MR) is 71.4 cm³/mol. The summed E-state index contributed by atoms with van der Waals surface area (Å²) in [7, 11) is 0. The molecule has 1 aliphatic rings. The lowest BCUT2D eigenvalue weighted by Crippen LogP contribution is -2.26. The minimum Gasteiger partial charge on any atom is -0.311 e. The number of anilines is 1. The highest BCUT2D eigenvalue weighted by atomic mass is 16.2. The molecule has 0 radical (unpaired) electrons. The first-order valence-corrected chi connectivity index (χ1v) is 6.37. The van der Waals surface area contributed by atoms with E-state index in [1.165, 1.54) is 5.56 Å². The molecule has 0 unspecified atom stereocenters. The zero-order chi connectivity index (χ0) is 13.3. The van der Waals surface area contributed by atoms with Crippen LogP contribution >= 0.6 is 0 Å². The summed E-state index contributed by atoms with van der Waals surface area (Å²) in [4.78, 5) is 13.3. The van der Waals surface area contributed by atoms with Crippen LogP contribution in [0.4, 0.5) is 5.69 Å². The molecule has 2 rings (SSSR count). The van der Waals surface area contributed by atoms with Crippen molar-refractivity contribution in [1.82, 2.24) is 0 Å². The first kappa shape index (κ1) is 12.6. The summed E-state index contributed by atoms with van der Waals surface area (Å²) in [6.45, 7) is 6.59. The Labute approximate surface area is 108 Å². The van der Waals surface area contributed by atoms with Crippen LogP contribution in [0.5, 0.6) is 0 Å². The summed E-state index contributed by atoms with van der Waals surface area (Å²) in [5.74, 6) is 0.585. The molecule has 3 nitrogen and oxygen atoms in total. The van der Waals surface area contributed by atoms with E-state index in [0.717, 1.165) is 24.1 Å². The van der Waals surface area contributed by atoms with Crippen LogP contribution in [0.3, 0.4) is 0 Å². The summed E-state index contributed by atoms with van der Waals surface area (Å²) >= 11 is 0. The van der Waals surface area contributed by atoms with Gasteiger partial charge < -0.3 is 4.90 Å². The van der Waals surface area contributed by atoms with Crippen LogP contribution in [0, 0.1) is 17.2 Å². The molecule has 0 aromatic heterocycles. The maximum atomic E-state index is 11.6. The molecule has 1 amide bonds. The molecule has 3 heteroatoms. The lowest BCUT2D eigenvalue weighted by Gasteiger charge is -2.17. The van der Waals surface area contributed by atoms with Crippen molar-refractivity contribution in [3.8, 4) is 6.07 Å². The normalized spacial score (nSPS) is 13.6. The van der Waals surface area contributed by atoms with Gasteiger partial charge in [0.2, 0.25) is 5.91 Å². The number of rotatable bonds is 2. The second-order valence-electron chi connectivity index (χ2n) is 5.28. The second kappa shape index (κ2) is 4.81. The number of hydrogen-bond donors (Lipinski definition) is 0. The molecule has 94 valence electrons. The SMILES string of the molecule is CC(=O)N1CCc2cc(CC(C)C)cc(C#N)c21. The van der Waals surface area contributed by atoms with Crippen LogP contribution in [0.1, 0.15) is 37.5 Å². The van der Waals surface area contributed by atoms with E-state index in [-0.39, 0.29) is 5.91 Å². The summed E-state index contributed by atoms with van der Waals surface area (Å²) in [5.41, 5.74) is 3.80. The van der Waals surface area contributed by atoms with E-state index >= 15 is 0 Å². The van der Waals surface area contributed by atoms with Crippen LogP contribution in [0.25, 0.3) is 0 Å². The fourth-order valence-electron chi connectivity index (χ4n) is 2.60. The van der Waals surface area contributed by atoms with Crippen molar-refractivity contribution in [2.45, 2.75) is 33.6 Å². The van der Waals surface area contributed by atoms with Gasteiger partial charge in [0.25, 0.3) is 0 Å². The number of hydrogen-bond acceptors (Lipinski definition) is 2. The number of amides is 1. The van der Waals surface area contributed by atoms with E-state index in [9.17, 15) is 10.1 Å². The van der Waals surface area contributed by atoms with Gasteiger partial charge in [0.15, 0.2) is 0 Å². The molecule has 0 aliphatic carbocycles. The third-order valence-electron chi connectivity index (χ3n) is 3.27. The third-order valence-corrected chi connectivity index (χ3v) is 3.27. The molecular weight excluding hydrogens is 224 g/mol. The fraction of sp³-hybridized carbons (Fsp3) is 0.467. The number of fused-ring (bicyclic) bond motifs is 1. The van der Waals surface area contributed by atoms with Crippen molar-refractivity contribution in [2.24, 2.45) is 5.92 Å². The summed E-state index contributed by atoms with van der Waals surface area (Å²) in [5, 5.41) is 9.27. The molecule has 1 aliphatic heterocycles. The molecule has 0 atom stereocenters. The van der Waals surface area contributed by atoms with Gasteiger partial charge in [-0.05, 0) is 36.0 Å². The van der Waals surface area contributed by atoms with Gasteiger partial charge in [-0.2, -0.15) is 5.26 Å². The van der Waals surface area contributed by atoms with Gasteiger partial charge in [-0.3, -0.25) is 4.79 Å². The molecule has 0 bridgehead atoms. The topological polar surface area (TPSA) is 44.1 Å². The van der Waals surface area contributed by atoms with E-state index in [2.05, 4.69) is 26.0 Å². The van der Waals surface area contributed by atoms with Crippen molar-refractivity contribution >= 4 is 11.6 Å². The van der Waals surface area contributed by atoms with E-state index in [1.54, 1.807) is 11.8 Å². The lowest BCUT2D eigenvalue weighted by molar-refractivity contribution is -0.116. The highest BCUT2D eigenvalue weighted by molar-refractivity contribution is 5.95. The molecule has 0 saturated carbocycles. The zero-order valence-corrected chi connectivity index (χ0v) is 11.2. The van der Waals surface area contributed by atoms with Crippen LogP contribution in [-0.2, 0) is 17.6 Å². The molecule has 1 aromatic carbocycles. The molecular formula is C15H18N2O. The van der Waals surface area contributed by atoms with Crippen LogP contribution in [0.15, 0.2) is 12.1 Å². The lowest BCUT2D eigenvalue weighted by atomic mass is 9.97. The molecule has 1 aromatic rings. The van der Waals surface area contributed by atoms with Crippen LogP contribution < -0.4 is 4.90 Å². The second-order valence-corrected chi connectivity index (χ2v) is 5.28. The third kappa shape index (κ3) is 2.24.